The predicted molar refractivity (Wildman–Crippen MR) is 194 cm³/mol. The highest BCUT2D eigenvalue weighted by Crippen LogP contribution is 2.45. The molecule has 1 heterocycles. The van der Waals surface area contributed by atoms with Gasteiger partial charge in [-0.25, -0.2) is 8.42 Å². The number of rotatable bonds is 3. The molecule has 9 rings (SSSR count). The minimum Gasteiger partial charge on any atom is -0.218 e. The Hall–Kier alpha value is -5.25. The molecule has 0 saturated carbocycles. The Balaban J connectivity index is 1.24. The zero-order chi connectivity index (χ0) is 31.7. The summed E-state index contributed by atoms with van der Waals surface area (Å²) in [7, 11) is -3.72. The largest absolute Gasteiger partial charge is 0.218 e. The molecule has 0 fully saturated rings. The van der Waals surface area contributed by atoms with E-state index in [9.17, 15) is 8.42 Å². The maximum Gasteiger partial charge on any atom is 0.207 e. The lowest BCUT2D eigenvalue weighted by Gasteiger charge is -2.25. The highest BCUT2D eigenvalue weighted by molar-refractivity contribution is 7.91. The van der Waals surface area contributed by atoms with Crippen LogP contribution in [0.1, 0.15) is 29.5 Å². The lowest BCUT2D eigenvalue weighted by molar-refractivity contribution is 0.595. The molecule has 0 spiro atoms. The molecular weight excluding hydrogens is 593 g/mol. The van der Waals surface area contributed by atoms with Crippen LogP contribution in [0.2, 0.25) is 0 Å². The van der Waals surface area contributed by atoms with Gasteiger partial charge < -0.3 is 0 Å². The fourth-order valence-electron chi connectivity index (χ4n) is 7.66. The third-order valence-corrected chi connectivity index (χ3v) is 12.1. The standard InChI is InChI=1S/C44H32O2S/c1-28-13-14-31-11-6-12-42-44(31)41(28)26-37-20-19-36(27-43(37)47(42,45)46)40-24-38(34-17-15-29-7-2-4-9-32(29)21-34)23-39(25-40)35-18-16-30-8-3-5-10-33(30)22-35/h2-13,15-25,27,41H,14,26H2,1H3. The zero-order valence-corrected chi connectivity index (χ0v) is 26.9. The number of benzene rings is 7. The maximum atomic E-state index is 14.4. The molecule has 0 aromatic heterocycles. The van der Waals surface area contributed by atoms with E-state index in [2.05, 4.69) is 128 Å². The number of allylic oxidation sites excluding steroid dienone is 2. The minimum absolute atomic E-state index is 0.0764. The molecule has 2 aliphatic rings. The van der Waals surface area contributed by atoms with Gasteiger partial charge in [0.15, 0.2) is 0 Å². The van der Waals surface area contributed by atoms with Gasteiger partial charge in [-0.15, -0.1) is 0 Å². The zero-order valence-electron chi connectivity index (χ0n) is 26.1. The first-order chi connectivity index (χ1) is 22.9. The van der Waals surface area contributed by atoms with Gasteiger partial charge in [-0.3, -0.25) is 0 Å². The van der Waals surface area contributed by atoms with Gasteiger partial charge in [0.05, 0.1) is 9.79 Å². The van der Waals surface area contributed by atoms with Crippen molar-refractivity contribution < 1.29 is 8.42 Å². The van der Waals surface area contributed by atoms with Crippen molar-refractivity contribution in [3.63, 3.8) is 0 Å². The van der Waals surface area contributed by atoms with E-state index in [1.54, 1.807) is 6.07 Å². The Morgan fingerprint density at radius 1 is 0.489 bits per heavy atom. The molecule has 7 aromatic carbocycles. The van der Waals surface area contributed by atoms with E-state index in [0.29, 0.717) is 16.2 Å². The van der Waals surface area contributed by atoms with E-state index in [0.717, 1.165) is 56.5 Å². The van der Waals surface area contributed by atoms with E-state index in [1.807, 2.05) is 18.2 Å². The van der Waals surface area contributed by atoms with E-state index in [1.165, 1.54) is 27.1 Å². The third-order valence-electron chi connectivity index (χ3n) is 10.2. The van der Waals surface area contributed by atoms with Gasteiger partial charge in [0.2, 0.25) is 9.84 Å². The molecule has 1 aliphatic heterocycles. The Morgan fingerprint density at radius 3 is 1.66 bits per heavy atom. The molecule has 1 unspecified atom stereocenters. The van der Waals surface area contributed by atoms with Crippen molar-refractivity contribution in [2.24, 2.45) is 0 Å². The van der Waals surface area contributed by atoms with Crippen LogP contribution in [0.15, 0.2) is 161 Å². The van der Waals surface area contributed by atoms with Gasteiger partial charge in [-0.2, -0.15) is 0 Å². The van der Waals surface area contributed by atoms with Crippen LogP contribution in [-0.4, -0.2) is 8.42 Å². The topological polar surface area (TPSA) is 34.1 Å². The summed E-state index contributed by atoms with van der Waals surface area (Å²) in [5.74, 6) is 0.0764. The molecule has 0 bridgehead atoms. The Morgan fingerprint density at radius 2 is 1.04 bits per heavy atom. The van der Waals surface area contributed by atoms with Gasteiger partial charge in [0.25, 0.3) is 0 Å². The average molecular weight is 625 g/mol. The lowest BCUT2D eigenvalue weighted by Crippen LogP contribution is -2.13. The van der Waals surface area contributed by atoms with E-state index >= 15 is 0 Å². The van der Waals surface area contributed by atoms with Gasteiger partial charge in [0.1, 0.15) is 0 Å². The van der Waals surface area contributed by atoms with Crippen molar-refractivity contribution in [3.8, 4) is 33.4 Å². The van der Waals surface area contributed by atoms with Crippen molar-refractivity contribution in [2.45, 2.75) is 35.5 Å². The van der Waals surface area contributed by atoms with Crippen LogP contribution in [0.5, 0.6) is 0 Å². The summed E-state index contributed by atoms with van der Waals surface area (Å²) >= 11 is 0. The van der Waals surface area contributed by atoms with Crippen LogP contribution in [0.3, 0.4) is 0 Å². The second-order valence-corrected chi connectivity index (χ2v) is 14.9. The molecule has 0 amide bonds. The van der Waals surface area contributed by atoms with Crippen LogP contribution < -0.4 is 0 Å². The van der Waals surface area contributed by atoms with Crippen molar-refractivity contribution >= 4 is 31.4 Å². The second kappa shape index (κ2) is 10.7. The molecule has 0 radical (unpaired) electrons. The quantitative estimate of drug-likeness (QED) is 0.183. The van der Waals surface area contributed by atoms with E-state index in [-0.39, 0.29) is 5.92 Å². The monoisotopic (exact) mass is 624 g/mol. The molecule has 3 heteroatoms. The van der Waals surface area contributed by atoms with Crippen molar-refractivity contribution in [1.82, 2.24) is 0 Å². The summed E-state index contributed by atoms with van der Waals surface area (Å²) in [6.45, 7) is 2.14. The minimum atomic E-state index is -3.72. The first kappa shape index (κ1) is 28.0. The van der Waals surface area contributed by atoms with E-state index < -0.39 is 9.84 Å². The Kier molecular flexibility index (Phi) is 6.35. The Labute approximate surface area is 275 Å². The highest BCUT2D eigenvalue weighted by Gasteiger charge is 2.35. The van der Waals surface area contributed by atoms with Crippen molar-refractivity contribution in [1.29, 1.82) is 0 Å². The molecule has 47 heavy (non-hydrogen) atoms. The van der Waals surface area contributed by atoms with Gasteiger partial charge in [0, 0.05) is 5.92 Å². The molecular formula is C44H32O2S. The summed E-state index contributed by atoms with van der Waals surface area (Å²) in [6, 6.07) is 48.6. The number of hydrogen-bond acceptors (Lipinski definition) is 2. The predicted octanol–water partition coefficient (Wildman–Crippen LogP) is 11.0. The number of sulfone groups is 1. The molecule has 1 atom stereocenters. The lowest BCUT2D eigenvalue weighted by atomic mass is 9.79. The summed E-state index contributed by atoms with van der Waals surface area (Å²) in [4.78, 5) is 0.888. The molecule has 0 saturated heterocycles. The summed E-state index contributed by atoms with van der Waals surface area (Å²) < 4.78 is 28.9. The number of hydrogen-bond donors (Lipinski definition) is 0. The average Bonchev–Trinajstić information content (AvgIpc) is 3.21. The highest BCUT2D eigenvalue weighted by atomic mass is 32.2. The van der Waals surface area contributed by atoms with Gasteiger partial charge >= 0.3 is 0 Å². The molecule has 7 aromatic rings. The van der Waals surface area contributed by atoms with E-state index in [4.69, 9.17) is 0 Å². The number of fused-ring (bicyclic) bond motifs is 3. The van der Waals surface area contributed by atoms with Gasteiger partial charge in [-0.1, -0.05) is 109 Å². The second-order valence-electron chi connectivity index (χ2n) is 13.0. The summed E-state index contributed by atoms with van der Waals surface area (Å²) in [6.07, 6.45) is 3.72. The van der Waals surface area contributed by atoms with Crippen LogP contribution in [0.4, 0.5) is 0 Å². The van der Waals surface area contributed by atoms with Crippen molar-refractivity contribution in [2.75, 3.05) is 0 Å². The van der Waals surface area contributed by atoms with Gasteiger partial charge in [-0.05, 0) is 134 Å². The molecule has 226 valence electrons. The smallest absolute Gasteiger partial charge is 0.207 e. The normalized spacial score (nSPS) is 16.3. The SMILES string of the molecule is CC1=CCc2cccc3c2C1Cc1ccc(-c2cc(-c4ccc5ccccc5c4)cc(-c4ccc5ccccc5c4)c2)cc1S3(=O)=O. The van der Waals surface area contributed by atoms with Crippen molar-refractivity contribution in [3.05, 3.63) is 168 Å². The maximum absolute atomic E-state index is 14.4. The molecule has 0 N–H and O–H groups in total. The van der Waals surface area contributed by atoms with Crippen LogP contribution in [-0.2, 0) is 22.7 Å². The summed E-state index contributed by atoms with van der Waals surface area (Å²) in [5.41, 5.74) is 10.6. The molecule has 1 aliphatic carbocycles. The molecule has 2 nitrogen and oxygen atoms in total. The fourth-order valence-corrected chi connectivity index (χ4v) is 9.49. The third kappa shape index (κ3) is 4.65. The first-order valence-electron chi connectivity index (χ1n) is 16.2. The Bertz CT molecular complexity index is 2460. The van der Waals surface area contributed by atoms with Crippen LogP contribution >= 0.6 is 0 Å². The fraction of sp³-hybridized carbons (Fsp3) is 0.0909. The van der Waals surface area contributed by atoms with Crippen LogP contribution in [0.25, 0.3) is 54.9 Å². The summed E-state index contributed by atoms with van der Waals surface area (Å²) in [5, 5.41) is 4.78. The first-order valence-corrected chi connectivity index (χ1v) is 17.7. The van der Waals surface area contributed by atoms with Crippen LogP contribution in [0, 0.1) is 0 Å².